The van der Waals surface area contributed by atoms with Gasteiger partial charge in [-0.2, -0.15) is 0 Å². The number of hydrogen-bond donors (Lipinski definition) is 0. The molecule has 26 heavy (non-hydrogen) atoms. The highest BCUT2D eigenvalue weighted by atomic mass is 28.4. The number of halogens is 1. The molecule has 0 spiro atoms. The average molecular weight is 375 g/mol. The van der Waals surface area contributed by atoms with Crippen molar-refractivity contribution in [2.24, 2.45) is 0 Å². The predicted molar refractivity (Wildman–Crippen MR) is 115 cm³/mol. The Morgan fingerprint density at radius 1 is 0.731 bits per heavy atom. The first-order valence-electron chi connectivity index (χ1n) is 9.08. The van der Waals surface area contributed by atoms with Gasteiger partial charge in [0.1, 0.15) is 5.82 Å². The van der Waals surface area contributed by atoms with Crippen molar-refractivity contribution in [1.82, 2.24) is 0 Å². The summed E-state index contributed by atoms with van der Waals surface area (Å²) < 4.78 is 14.4. The Kier molecular flexibility index (Phi) is 4.09. The Morgan fingerprint density at radius 2 is 1.27 bits per heavy atom. The van der Waals surface area contributed by atoms with Gasteiger partial charge in [0.05, 0.1) is 8.07 Å². The number of rotatable bonds is 3. The van der Waals surface area contributed by atoms with E-state index >= 15 is 0 Å². The van der Waals surface area contributed by atoms with Crippen LogP contribution in [0.1, 0.15) is 5.56 Å². The van der Waals surface area contributed by atoms with E-state index in [2.05, 4.69) is 86.4 Å². The zero-order valence-electron chi connectivity index (χ0n) is 15.5. The molecule has 3 aromatic carbocycles. The van der Waals surface area contributed by atoms with E-state index in [0.29, 0.717) is 0 Å². The van der Waals surface area contributed by atoms with E-state index in [1.807, 2.05) is 6.07 Å². The SMILES string of the molecule is C[Si](C)(C)C1=Cc2ccc(F)cc2[Si]1(c1ccccc1)c1ccccc1. The van der Waals surface area contributed by atoms with Crippen molar-refractivity contribution in [3.63, 3.8) is 0 Å². The largest absolute Gasteiger partial charge is 0.207 e. The maximum absolute atomic E-state index is 14.4. The van der Waals surface area contributed by atoms with Gasteiger partial charge in [0, 0.05) is 0 Å². The third kappa shape index (κ3) is 2.54. The van der Waals surface area contributed by atoms with Crippen LogP contribution in [-0.4, -0.2) is 16.1 Å². The summed E-state index contributed by atoms with van der Waals surface area (Å²) in [5.41, 5.74) is 1.20. The standard InChI is InChI=1S/C23H23FSi2/c1-25(2,3)23-16-18-14-15-19(24)17-22(18)26(23,20-10-6-4-7-11-20)21-12-8-5-9-13-21/h4-17H,1-3H3. The molecule has 3 aromatic rings. The lowest BCUT2D eigenvalue weighted by atomic mass is 10.2. The lowest BCUT2D eigenvalue weighted by Gasteiger charge is -2.38. The van der Waals surface area contributed by atoms with E-state index in [1.165, 1.54) is 21.1 Å². The topological polar surface area (TPSA) is 0 Å². The van der Waals surface area contributed by atoms with Gasteiger partial charge in [0.25, 0.3) is 0 Å². The molecule has 0 bridgehead atoms. The molecule has 0 N–H and O–H groups in total. The van der Waals surface area contributed by atoms with Gasteiger partial charge in [0.15, 0.2) is 8.07 Å². The van der Waals surface area contributed by atoms with Crippen LogP contribution >= 0.6 is 0 Å². The van der Waals surface area contributed by atoms with Crippen LogP contribution in [0.5, 0.6) is 0 Å². The summed E-state index contributed by atoms with van der Waals surface area (Å²) >= 11 is 0. The molecule has 0 aromatic heterocycles. The molecular weight excluding hydrogens is 351 g/mol. The molecule has 130 valence electrons. The van der Waals surface area contributed by atoms with E-state index in [0.717, 1.165) is 0 Å². The van der Waals surface area contributed by atoms with Crippen LogP contribution < -0.4 is 15.6 Å². The van der Waals surface area contributed by atoms with Crippen molar-refractivity contribution in [1.29, 1.82) is 0 Å². The zero-order chi connectivity index (χ0) is 18.4. The molecule has 1 aliphatic rings. The van der Waals surface area contributed by atoms with Crippen LogP contribution in [0.4, 0.5) is 4.39 Å². The van der Waals surface area contributed by atoms with Crippen LogP contribution in [0, 0.1) is 5.82 Å². The molecule has 0 unspecified atom stereocenters. The van der Waals surface area contributed by atoms with Crippen molar-refractivity contribution < 1.29 is 4.39 Å². The fraction of sp³-hybridized carbons (Fsp3) is 0.130. The molecule has 3 heteroatoms. The molecule has 0 saturated heterocycles. The normalized spacial score (nSPS) is 15.5. The second-order valence-corrected chi connectivity index (χ2v) is 17.3. The third-order valence-corrected chi connectivity index (χ3v) is 15.1. The third-order valence-electron chi connectivity index (χ3n) is 5.34. The first-order chi connectivity index (χ1) is 12.4. The Morgan fingerprint density at radius 3 is 1.77 bits per heavy atom. The van der Waals surface area contributed by atoms with Gasteiger partial charge >= 0.3 is 0 Å². The first kappa shape index (κ1) is 17.2. The fourth-order valence-electron chi connectivity index (χ4n) is 4.33. The van der Waals surface area contributed by atoms with Crippen molar-refractivity contribution in [2.75, 3.05) is 0 Å². The van der Waals surface area contributed by atoms with E-state index in [1.54, 1.807) is 17.0 Å². The van der Waals surface area contributed by atoms with Crippen molar-refractivity contribution >= 4 is 37.8 Å². The maximum atomic E-state index is 14.4. The molecular formula is C23H23FSi2. The van der Waals surface area contributed by atoms with E-state index in [-0.39, 0.29) is 5.82 Å². The Labute approximate surface area is 157 Å². The highest BCUT2D eigenvalue weighted by molar-refractivity contribution is 7.26. The summed E-state index contributed by atoms with van der Waals surface area (Å²) in [5, 5.41) is 3.90. The summed E-state index contributed by atoms with van der Waals surface area (Å²) in [4.78, 5) is 1.57. The maximum Gasteiger partial charge on any atom is 0.172 e. The molecule has 0 nitrogen and oxygen atoms in total. The van der Waals surface area contributed by atoms with Crippen LogP contribution in [0.3, 0.4) is 0 Å². The Hall–Kier alpha value is -2.24. The van der Waals surface area contributed by atoms with Crippen LogP contribution in [0.15, 0.2) is 83.7 Å². The molecule has 0 fully saturated rings. The van der Waals surface area contributed by atoms with Crippen LogP contribution in [-0.2, 0) is 0 Å². The second kappa shape index (κ2) is 6.18. The molecule has 1 aliphatic heterocycles. The van der Waals surface area contributed by atoms with E-state index in [9.17, 15) is 4.39 Å². The van der Waals surface area contributed by atoms with Gasteiger partial charge in [-0.05, 0) is 33.3 Å². The van der Waals surface area contributed by atoms with E-state index < -0.39 is 16.1 Å². The monoisotopic (exact) mass is 374 g/mol. The smallest absolute Gasteiger partial charge is 0.172 e. The number of hydrogen-bond acceptors (Lipinski definition) is 0. The molecule has 1 heterocycles. The predicted octanol–water partition coefficient (Wildman–Crippen LogP) is 4.11. The fourth-order valence-corrected chi connectivity index (χ4v) is 15.3. The minimum Gasteiger partial charge on any atom is -0.207 e. The second-order valence-electron chi connectivity index (χ2n) is 8.02. The number of benzene rings is 3. The van der Waals surface area contributed by atoms with Gasteiger partial charge in [-0.15, -0.1) is 0 Å². The zero-order valence-corrected chi connectivity index (χ0v) is 17.5. The highest BCUT2D eigenvalue weighted by Crippen LogP contribution is 2.33. The molecule has 0 atom stereocenters. The highest BCUT2D eigenvalue weighted by Gasteiger charge is 2.51. The lowest BCUT2D eigenvalue weighted by molar-refractivity contribution is 0.629. The summed E-state index contributed by atoms with van der Waals surface area (Å²) in [6, 6.07) is 26.9. The summed E-state index contributed by atoms with van der Waals surface area (Å²) in [6.07, 6.45) is 2.38. The molecule has 0 aliphatic carbocycles. The average Bonchev–Trinajstić information content (AvgIpc) is 2.99. The lowest BCUT2D eigenvalue weighted by Crippen LogP contribution is -2.70. The van der Waals surface area contributed by atoms with Gasteiger partial charge in [0.2, 0.25) is 0 Å². The first-order valence-corrected chi connectivity index (χ1v) is 14.6. The van der Waals surface area contributed by atoms with E-state index in [4.69, 9.17) is 0 Å². The minimum absolute atomic E-state index is 0.141. The Bertz CT molecular complexity index is 931. The molecule has 4 rings (SSSR count). The van der Waals surface area contributed by atoms with Gasteiger partial charge < -0.3 is 0 Å². The number of fused-ring (bicyclic) bond motifs is 1. The summed E-state index contributed by atoms with van der Waals surface area (Å²) in [7, 11) is -4.06. The van der Waals surface area contributed by atoms with Crippen molar-refractivity contribution in [3.05, 3.63) is 95.1 Å². The summed E-state index contributed by atoms with van der Waals surface area (Å²) in [6.45, 7) is 7.23. The van der Waals surface area contributed by atoms with Gasteiger partial charge in [-0.25, -0.2) is 4.39 Å². The van der Waals surface area contributed by atoms with Crippen LogP contribution in [0.25, 0.3) is 6.08 Å². The Balaban J connectivity index is 2.16. The quantitative estimate of drug-likeness (QED) is 0.605. The van der Waals surface area contributed by atoms with Gasteiger partial charge in [-0.1, -0.05) is 97.3 Å². The molecule has 0 amide bonds. The van der Waals surface area contributed by atoms with Gasteiger partial charge in [-0.3, -0.25) is 0 Å². The van der Waals surface area contributed by atoms with Crippen molar-refractivity contribution in [2.45, 2.75) is 19.6 Å². The molecule has 0 radical (unpaired) electrons. The van der Waals surface area contributed by atoms with Crippen LogP contribution in [0.2, 0.25) is 19.6 Å². The molecule has 0 saturated carbocycles. The summed E-state index contributed by atoms with van der Waals surface area (Å²) in [5.74, 6) is -0.141. The van der Waals surface area contributed by atoms with Crippen molar-refractivity contribution in [3.8, 4) is 0 Å². The minimum atomic E-state index is -2.42.